The highest BCUT2D eigenvalue weighted by Gasteiger charge is 2.23. The van der Waals surface area contributed by atoms with Crippen LogP contribution in [0.1, 0.15) is 250 Å². The molecule has 742 valence electrons. The van der Waals surface area contributed by atoms with Gasteiger partial charge < -0.3 is 68.9 Å². The zero-order chi connectivity index (χ0) is 105. The maximum atomic E-state index is 10.2. The fourth-order valence-electron chi connectivity index (χ4n) is 11.2. The number of carbonyl (C=O) groups is 6. The van der Waals surface area contributed by atoms with Crippen LogP contribution in [0.25, 0.3) is 0 Å². The number of carbonyl (C=O) groups excluding carboxylic acids is 6. The zero-order valence-corrected chi connectivity index (χ0v) is 97.7. The molecule has 12 rings (SSSR count). The first-order chi connectivity index (χ1) is 64.6. The van der Waals surface area contributed by atoms with Crippen molar-refractivity contribution in [3.05, 3.63) is 406 Å². The molecule has 0 spiro atoms. The number of rotatable bonds is 24. The molecule has 17 nitrogen and oxygen atoms in total. The number of halogens is 7. The van der Waals surface area contributed by atoms with Gasteiger partial charge in [0.05, 0.1) is 37.1 Å². The van der Waals surface area contributed by atoms with E-state index in [4.69, 9.17) is 21.1 Å². The van der Waals surface area contributed by atoms with Crippen molar-refractivity contribution in [2.45, 2.75) is 222 Å². The van der Waals surface area contributed by atoms with Gasteiger partial charge in [-0.1, -0.05) is 293 Å². The van der Waals surface area contributed by atoms with Gasteiger partial charge in [0, 0.05) is 54.3 Å². The van der Waals surface area contributed by atoms with Crippen LogP contribution >= 0.6 is 11.6 Å². The summed E-state index contributed by atoms with van der Waals surface area (Å²) < 4.78 is 17.8. The number of carboxylic acid groups (broad SMARTS) is 6. The van der Waals surface area contributed by atoms with Crippen LogP contribution in [-0.4, -0.2) is 55.0 Å². The molecule has 0 amide bonds. The average molecular weight is 2570 g/mol. The van der Waals surface area contributed by atoms with Crippen molar-refractivity contribution in [2.75, 3.05) is 14.2 Å². The molecule has 0 fully saturated rings. The molecule has 0 radical (unpaired) electrons. The quantitative estimate of drug-likeness (QED) is 0.0435. The van der Waals surface area contributed by atoms with E-state index >= 15 is 0 Å². The smallest absolute Gasteiger partial charge is 0.296 e. The minimum atomic E-state index is -1.34. The summed E-state index contributed by atoms with van der Waals surface area (Å²) in [5.41, 5.74) is 14.1. The van der Waals surface area contributed by atoms with Gasteiger partial charge in [-0.2, -0.15) is 0 Å². The number of ether oxygens (including phenoxy) is 2. The van der Waals surface area contributed by atoms with Crippen molar-refractivity contribution < 1.29 is 209 Å². The van der Waals surface area contributed by atoms with Crippen LogP contribution in [-0.2, 0) is 66.1 Å². The zero-order valence-electron chi connectivity index (χ0n) is 83.0. The van der Waals surface area contributed by atoms with Crippen molar-refractivity contribution in [3.63, 3.8) is 0 Å². The molecular weight excluding hydrogens is 2440 g/mol. The molecule has 0 aliphatic heterocycles. The number of carboxylic acids is 6. The fourth-order valence-corrected chi connectivity index (χ4v) is 13.7. The molecule has 0 heterocycles. The number of nitro groups is 1. The Morgan fingerprint density at radius 3 is 0.659 bits per heavy atom. The summed E-state index contributed by atoms with van der Waals surface area (Å²) in [4.78, 5) is 70.5. The number of nitrogens with zero attached hydrogens (tertiary/aromatic N) is 1. The lowest BCUT2D eigenvalue weighted by Gasteiger charge is -2.22. The molecular formula is C114H136ClI6NO16. The van der Waals surface area contributed by atoms with Gasteiger partial charge in [0.2, 0.25) is 0 Å². The molecule has 0 saturated heterocycles. The van der Waals surface area contributed by atoms with Gasteiger partial charge in [0.1, 0.15) is 11.5 Å². The number of aliphatic carboxylic acids is 3. The van der Waals surface area contributed by atoms with Gasteiger partial charge >= 0.3 is 0 Å². The Bertz CT molecular complexity index is 5050. The third-order valence-electron chi connectivity index (χ3n) is 23.0. The van der Waals surface area contributed by atoms with Crippen molar-refractivity contribution in [2.24, 2.45) is 0 Å². The predicted octanol–water partition coefficient (Wildman–Crippen LogP) is -0.0491. The molecule has 12 aromatic rings. The SMILES string of the molecule is CCC(C)(C)c1ccc([IH+])cc1.CCC(C)(C)c1ccc([IH+])cc1.CCC(C)(C)c1ccc([IH+])cc1.CCC(C)(C)c1ccc([IH+])cc1.CCC(C)(C)c1ccc([IH+])cc1.CCC(C)(C)c1ccc([IH+])cc1.COc1ccc(C(=O)[O-])cc1.COc1ccc(CC(=O)[O-])cc1.Cc1ccc(CC(=O)[O-])cc1.O=C([O-])Cc1ccccc1.O=C([O-])c1ccc(Cl)cc1.O=C([O-])c1ccc([N+](=O)[O-])cc1. The Balaban J connectivity index is 0.000000753. The molecule has 12 aromatic carbocycles. The second-order valence-electron chi connectivity index (χ2n) is 35.4. The Hall–Kier alpha value is -8.87. The summed E-state index contributed by atoms with van der Waals surface area (Å²) >= 11 is 17.9. The van der Waals surface area contributed by atoms with E-state index in [1.807, 2.05) is 25.1 Å². The summed E-state index contributed by atoms with van der Waals surface area (Å²) in [5, 5.41) is 71.6. The monoisotopic (exact) mass is 2570 g/mol. The van der Waals surface area contributed by atoms with Gasteiger partial charge in [-0.3, -0.25) is 10.1 Å². The number of hydrogen-bond donors (Lipinski definition) is 0. The largest absolute Gasteiger partial charge is 0.550 e. The van der Waals surface area contributed by atoms with Gasteiger partial charge in [-0.25, -0.2) is 0 Å². The molecule has 0 aromatic heterocycles. The Morgan fingerprint density at radius 1 is 0.283 bits per heavy atom. The van der Waals surface area contributed by atoms with E-state index in [0.717, 1.165) is 52.3 Å². The Morgan fingerprint density at radius 2 is 0.471 bits per heavy atom. The maximum absolute atomic E-state index is 10.2. The van der Waals surface area contributed by atoms with Crippen LogP contribution in [0.4, 0.5) is 5.69 Å². The molecule has 0 aliphatic rings. The molecule has 24 heteroatoms. The highest BCUT2D eigenvalue weighted by Crippen LogP contribution is 2.31. The van der Waals surface area contributed by atoms with E-state index in [0.29, 0.717) is 43.3 Å². The molecule has 0 atom stereocenters. The lowest BCUT2D eigenvalue weighted by atomic mass is 9.82. The van der Waals surface area contributed by atoms with Crippen LogP contribution in [0.5, 0.6) is 11.5 Å². The Kier molecular flexibility index (Phi) is 60.8. The number of benzene rings is 12. The number of non-ortho nitro benzene ring substituents is 1. The first kappa shape index (κ1) is 127. The highest BCUT2D eigenvalue weighted by molar-refractivity contribution is 6.30. The molecule has 0 bridgehead atoms. The molecule has 0 aliphatic carbocycles. The van der Waals surface area contributed by atoms with Crippen LogP contribution in [0.2, 0.25) is 5.02 Å². The number of nitro benzene ring substituents is 1. The second-order valence-corrected chi connectivity index (χ2v) is 43.9. The predicted molar refractivity (Wildman–Crippen MR) is 526 cm³/mol. The van der Waals surface area contributed by atoms with E-state index in [9.17, 15) is 69.5 Å². The van der Waals surface area contributed by atoms with Crippen LogP contribution in [0, 0.1) is 38.5 Å². The third kappa shape index (κ3) is 53.1. The van der Waals surface area contributed by atoms with Crippen molar-refractivity contribution in [1.82, 2.24) is 0 Å². The van der Waals surface area contributed by atoms with Gasteiger partial charge in [-0.05, 0) is 278 Å². The fraction of sp³-hybridized carbons (Fsp3) is 0.316. The minimum Gasteiger partial charge on any atom is -0.550 e. The van der Waals surface area contributed by atoms with Crippen LogP contribution in [0.3, 0.4) is 0 Å². The average Bonchev–Trinajstić information content (AvgIpc) is 0.864. The lowest BCUT2D eigenvalue weighted by molar-refractivity contribution is -0.384. The van der Waals surface area contributed by atoms with Crippen molar-refractivity contribution in [3.8, 4) is 11.5 Å². The number of aromatic carboxylic acids is 3. The first-order valence-corrected chi connectivity index (χ1v) is 52.2. The van der Waals surface area contributed by atoms with E-state index in [1.54, 1.807) is 79.9 Å². The van der Waals surface area contributed by atoms with Gasteiger partial charge in [0.15, 0.2) is 21.4 Å². The van der Waals surface area contributed by atoms with E-state index < -0.39 is 40.7 Å². The molecule has 0 N–H and O–H groups in total. The summed E-state index contributed by atoms with van der Waals surface area (Å²) in [6, 6.07) is 92.7. The number of methoxy groups -OCH3 is 2. The number of hydrogen-bond acceptors (Lipinski definition) is 16. The van der Waals surface area contributed by atoms with E-state index in [2.05, 4.69) is 406 Å². The van der Waals surface area contributed by atoms with Gasteiger partial charge in [0.25, 0.3) is 141 Å². The highest BCUT2D eigenvalue weighted by atomic mass is 127. The van der Waals surface area contributed by atoms with Crippen molar-refractivity contribution >= 4 is 53.1 Å². The summed E-state index contributed by atoms with van der Waals surface area (Å²) in [6.07, 6.45) is 7.10. The second kappa shape index (κ2) is 66.0. The summed E-state index contributed by atoms with van der Waals surface area (Å²) in [7, 11) is 3.09. The summed E-state index contributed by atoms with van der Waals surface area (Å²) in [6.45, 7) is 42.9. The van der Waals surface area contributed by atoms with E-state index in [-0.39, 0.29) is 41.6 Å². The minimum absolute atomic E-state index is 0.000278. The molecule has 0 saturated carbocycles. The van der Waals surface area contributed by atoms with Crippen molar-refractivity contribution in [1.29, 1.82) is 0 Å². The number of aryl methyl sites for hydroxylation is 1. The maximum Gasteiger partial charge on any atom is 0.296 e. The third-order valence-corrected chi connectivity index (χ3v) is 27.9. The lowest BCUT2D eigenvalue weighted by Crippen LogP contribution is -3.34. The van der Waals surface area contributed by atoms with E-state index in [1.165, 1.54) is 137 Å². The molecule has 0 unspecified atom stereocenters. The topological polar surface area (TPSA) is 302 Å². The normalized spacial score (nSPS) is 10.6. The van der Waals surface area contributed by atoms with Crippen LogP contribution in [0.15, 0.2) is 297 Å². The van der Waals surface area contributed by atoms with Crippen LogP contribution < -0.4 is 176 Å². The first-order valence-electron chi connectivity index (χ1n) is 44.9. The Labute approximate surface area is 906 Å². The standard InChI is InChI=1S/6C11H16I.C9H10O3.C9H10O2.C8H8O3.C8H8O2.C7H5ClO2.C7H5NO4/c6*1-4-11(2,3)9-5-7-10(12)8-6-9;1-12-8-4-2-7(3-5-8)6-9(10)11;1-7-2-4-8(5-3-7)6-9(10)11;1-11-7-4-2-6(3-5-7)8(9)10;9-8(10)6-7-4-2-1-3-5-7;8-6-3-1-5(2-4-6)7(9)10;9-7(10)5-1-3-6(4-2-5)8(11)12/h6*5-8,12H,4H2,1-3H3;2-5H,6H2,1H3,(H,10,11);2-5H,6H2,1H3,(H,10,11);2-5H,1H3,(H,9,10);1-5H,6H2,(H,9,10);1-4H,(H,9,10);1-4H,(H,9,10)/q6*+1;;;;;;/p-6. The molecule has 138 heavy (non-hydrogen) atoms. The summed E-state index contributed by atoms with van der Waals surface area (Å²) in [5.74, 6) is -5.48. The van der Waals surface area contributed by atoms with Gasteiger partial charge in [-0.15, -0.1) is 0 Å².